The van der Waals surface area contributed by atoms with Gasteiger partial charge in [0.25, 0.3) is 0 Å². The van der Waals surface area contributed by atoms with Gasteiger partial charge in [-0.1, -0.05) is 63.8 Å². The zero-order valence-corrected chi connectivity index (χ0v) is 21.6. The molecular weight excluding hydrogens is 441 g/mol. The molecule has 0 unspecified atom stereocenters. The Kier molecular flexibility index (Phi) is 30.2. The fraction of sp³-hybridized carbons (Fsp3) is 0.455. The minimum atomic E-state index is -1.53. The molecule has 0 aromatic heterocycles. The van der Waals surface area contributed by atoms with Gasteiger partial charge < -0.3 is 39.6 Å². The van der Waals surface area contributed by atoms with Crippen LogP contribution in [0.2, 0.25) is 0 Å². The molecule has 0 aliphatic carbocycles. The minimum Gasteiger partial charge on any atom is -0.545 e. The second-order valence-corrected chi connectivity index (χ2v) is 6.21. The van der Waals surface area contributed by atoms with Crippen molar-refractivity contribution in [2.45, 2.75) is 65.2 Å². The first kappa shape index (κ1) is 37.7. The van der Waals surface area contributed by atoms with Gasteiger partial charge in [0.1, 0.15) is 0 Å². The van der Waals surface area contributed by atoms with Gasteiger partial charge in [0.15, 0.2) is 0 Å². The first-order chi connectivity index (χ1) is 14.1. The Labute approximate surface area is 221 Å². The molecule has 0 rings (SSSR count). The Morgan fingerprint density at radius 3 is 1.12 bits per heavy atom. The maximum Gasteiger partial charge on any atom is 2.00 e. The van der Waals surface area contributed by atoms with Crippen molar-refractivity contribution in [3.63, 3.8) is 0 Å². The zero-order valence-electron chi connectivity index (χ0n) is 18.8. The van der Waals surface area contributed by atoms with Gasteiger partial charge in [-0.2, -0.15) is 0 Å². The van der Waals surface area contributed by atoms with Crippen molar-refractivity contribution >= 4 is 70.0 Å². The summed E-state index contributed by atoms with van der Waals surface area (Å²) in [5, 5.41) is 41.1. The average molecular weight is 469 g/mol. The van der Waals surface area contributed by atoms with Crippen LogP contribution in [0.1, 0.15) is 65.2 Å². The molecule has 0 spiro atoms. The van der Waals surface area contributed by atoms with Gasteiger partial charge in [-0.15, -0.1) is 0 Å². The molecule has 32 heavy (non-hydrogen) atoms. The first-order valence-electron chi connectivity index (χ1n) is 9.76. The molecule has 0 heterocycles. The molecule has 0 N–H and O–H groups in total. The fourth-order valence-electron chi connectivity index (χ4n) is 2.05. The van der Waals surface area contributed by atoms with Gasteiger partial charge in [0.2, 0.25) is 0 Å². The third kappa shape index (κ3) is 26.4. The van der Waals surface area contributed by atoms with E-state index in [1.807, 2.05) is 0 Å². The SMILES string of the molecule is CCCCCC=C/C(=C/C(=O)[O-])C(=O)[O-].CCCCCC=C/C(=C/C(=O)[O-])C(=O)[O-].[Mg+2].[Mg+2]. The van der Waals surface area contributed by atoms with Crippen molar-refractivity contribution in [3.8, 4) is 0 Å². The summed E-state index contributed by atoms with van der Waals surface area (Å²) in [6.07, 6.45) is 14.4. The molecule has 0 aliphatic rings. The predicted octanol–water partition coefficient (Wildman–Crippen LogP) is -1.66. The third-order valence-corrected chi connectivity index (χ3v) is 3.56. The number of carboxylic acids is 4. The van der Waals surface area contributed by atoms with Crippen molar-refractivity contribution < 1.29 is 39.6 Å². The molecule has 168 valence electrons. The van der Waals surface area contributed by atoms with E-state index in [1.54, 1.807) is 12.2 Å². The molecule has 0 aliphatic heterocycles. The number of hydrogen-bond acceptors (Lipinski definition) is 8. The van der Waals surface area contributed by atoms with E-state index >= 15 is 0 Å². The summed E-state index contributed by atoms with van der Waals surface area (Å²) in [5.41, 5.74) is -0.738. The summed E-state index contributed by atoms with van der Waals surface area (Å²) < 4.78 is 0. The molecule has 0 bridgehead atoms. The number of rotatable bonds is 14. The van der Waals surface area contributed by atoms with Crippen LogP contribution in [0.4, 0.5) is 0 Å². The van der Waals surface area contributed by atoms with E-state index in [-0.39, 0.29) is 57.3 Å². The maximum absolute atomic E-state index is 10.4. The quantitative estimate of drug-likeness (QED) is 0.126. The van der Waals surface area contributed by atoms with Gasteiger partial charge >= 0.3 is 46.1 Å². The van der Waals surface area contributed by atoms with Crippen LogP contribution in [0, 0.1) is 0 Å². The molecule has 0 fully saturated rings. The molecule has 0 aromatic carbocycles. The molecule has 0 amide bonds. The molecule has 0 saturated carbocycles. The fourth-order valence-corrected chi connectivity index (χ4v) is 2.05. The first-order valence-corrected chi connectivity index (χ1v) is 9.76. The van der Waals surface area contributed by atoms with Crippen LogP contribution < -0.4 is 20.4 Å². The summed E-state index contributed by atoms with van der Waals surface area (Å²) in [6.45, 7) is 4.12. The van der Waals surface area contributed by atoms with E-state index in [1.165, 1.54) is 12.2 Å². The van der Waals surface area contributed by atoms with Crippen LogP contribution in [0.5, 0.6) is 0 Å². The normalized spacial score (nSPS) is 11.2. The number of unbranched alkanes of at least 4 members (excludes halogenated alkanes) is 6. The molecule has 0 saturated heterocycles. The summed E-state index contributed by atoms with van der Waals surface area (Å²) in [4.78, 5) is 41.1. The van der Waals surface area contributed by atoms with Crippen LogP contribution in [-0.4, -0.2) is 70.0 Å². The van der Waals surface area contributed by atoms with Crippen molar-refractivity contribution in [1.29, 1.82) is 0 Å². The average Bonchev–Trinajstić information content (AvgIpc) is 2.65. The maximum atomic E-state index is 10.4. The molecule has 10 heteroatoms. The van der Waals surface area contributed by atoms with Gasteiger partial charge in [-0.3, -0.25) is 0 Å². The Hall–Kier alpha value is -1.63. The number of allylic oxidation sites excluding steroid dienone is 2. The molecular formula is C22H28Mg2O8. The van der Waals surface area contributed by atoms with E-state index in [4.69, 9.17) is 0 Å². The Morgan fingerprint density at radius 2 is 0.906 bits per heavy atom. The van der Waals surface area contributed by atoms with Crippen LogP contribution >= 0.6 is 0 Å². The van der Waals surface area contributed by atoms with Crippen molar-refractivity contribution in [2.75, 3.05) is 0 Å². The summed E-state index contributed by atoms with van der Waals surface area (Å²) in [6, 6.07) is 0. The van der Waals surface area contributed by atoms with Crippen molar-refractivity contribution in [3.05, 3.63) is 47.6 Å². The molecule has 8 nitrogen and oxygen atoms in total. The van der Waals surface area contributed by atoms with Crippen LogP contribution in [-0.2, 0) is 19.2 Å². The second-order valence-electron chi connectivity index (χ2n) is 6.21. The Morgan fingerprint density at radius 1 is 0.594 bits per heavy atom. The van der Waals surface area contributed by atoms with Crippen LogP contribution in [0.25, 0.3) is 0 Å². The summed E-state index contributed by atoms with van der Waals surface area (Å²) in [7, 11) is 0. The minimum absolute atomic E-state index is 0. The Balaban J connectivity index is -0.000000231. The van der Waals surface area contributed by atoms with Crippen LogP contribution in [0.15, 0.2) is 47.6 Å². The summed E-state index contributed by atoms with van der Waals surface area (Å²) in [5.74, 6) is -6.09. The van der Waals surface area contributed by atoms with E-state index in [0.717, 1.165) is 51.4 Å². The van der Waals surface area contributed by atoms with E-state index < -0.39 is 23.9 Å². The number of carboxylic acid groups (broad SMARTS) is 4. The van der Waals surface area contributed by atoms with Gasteiger partial charge in [0, 0.05) is 0 Å². The number of carbonyl (C=O) groups excluding carboxylic acids is 4. The Bertz CT molecular complexity index is 621. The van der Waals surface area contributed by atoms with E-state index in [9.17, 15) is 39.6 Å². The molecule has 0 atom stereocenters. The standard InChI is InChI=1S/2C11H16O4.2Mg/c2*1-2-3-4-5-6-7-9(11(14)15)8-10(12)13;;/h2*6-8H,2-5H2,1H3,(H,12,13)(H,14,15);;/q;;2*+2/p-4/b2*7-6?,9-8-;;. The van der Waals surface area contributed by atoms with E-state index in [2.05, 4.69) is 13.8 Å². The number of hydrogen-bond donors (Lipinski definition) is 0. The van der Waals surface area contributed by atoms with Crippen molar-refractivity contribution in [2.24, 2.45) is 0 Å². The zero-order chi connectivity index (χ0) is 23.4. The monoisotopic (exact) mass is 468 g/mol. The van der Waals surface area contributed by atoms with Crippen molar-refractivity contribution in [1.82, 2.24) is 0 Å². The van der Waals surface area contributed by atoms with Gasteiger partial charge in [0.05, 0.1) is 23.9 Å². The summed E-state index contributed by atoms with van der Waals surface area (Å²) >= 11 is 0. The topological polar surface area (TPSA) is 161 Å². The van der Waals surface area contributed by atoms with Gasteiger partial charge in [-0.25, -0.2) is 0 Å². The predicted molar refractivity (Wildman–Crippen MR) is 114 cm³/mol. The smallest absolute Gasteiger partial charge is 0.545 e. The van der Waals surface area contributed by atoms with E-state index in [0.29, 0.717) is 12.2 Å². The number of aliphatic carboxylic acids is 4. The largest absolute Gasteiger partial charge is 2.00 e. The molecule has 0 radical (unpaired) electrons. The van der Waals surface area contributed by atoms with Gasteiger partial charge in [-0.05, 0) is 49.0 Å². The number of carbonyl (C=O) groups is 4. The molecule has 0 aromatic rings. The van der Waals surface area contributed by atoms with Crippen LogP contribution in [0.3, 0.4) is 0 Å². The third-order valence-electron chi connectivity index (χ3n) is 3.56. The second kappa shape index (κ2) is 25.6.